The van der Waals surface area contributed by atoms with E-state index in [9.17, 15) is 0 Å². The Hall–Kier alpha value is -0.760. The predicted octanol–water partition coefficient (Wildman–Crippen LogP) is 3.43. The minimum atomic E-state index is 0.353. The lowest BCUT2D eigenvalue weighted by Crippen LogP contribution is -2.28. The molecule has 0 amide bonds. The lowest BCUT2D eigenvalue weighted by atomic mass is 10.00. The topological polar surface area (TPSA) is 25.2 Å². The van der Waals surface area contributed by atoms with Crippen LogP contribution in [0.2, 0.25) is 0 Å². The predicted molar refractivity (Wildman–Crippen MR) is 64.3 cm³/mol. The summed E-state index contributed by atoms with van der Waals surface area (Å²) in [4.78, 5) is 0. The van der Waals surface area contributed by atoms with E-state index >= 15 is 0 Å². The monoisotopic (exact) mass is 219 g/mol. The Bertz CT molecular complexity index is 374. The van der Waals surface area contributed by atoms with Crippen LogP contribution in [0.3, 0.4) is 0 Å². The van der Waals surface area contributed by atoms with E-state index in [1.165, 1.54) is 37.8 Å². The molecule has 16 heavy (non-hydrogen) atoms. The molecule has 1 unspecified atom stereocenters. The Morgan fingerprint density at radius 3 is 2.75 bits per heavy atom. The van der Waals surface area contributed by atoms with Crippen LogP contribution in [0.25, 0.3) is 0 Å². The Kier molecular flexibility index (Phi) is 2.36. The van der Waals surface area contributed by atoms with Crippen molar-refractivity contribution in [1.82, 2.24) is 5.32 Å². The van der Waals surface area contributed by atoms with Crippen LogP contribution in [0.1, 0.15) is 50.0 Å². The molecule has 0 bridgehead atoms. The third-order valence-corrected chi connectivity index (χ3v) is 4.39. The quantitative estimate of drug-likeness (QED) is 0.820. The van der Waals surface area contributed by atoms with Gasteiger partial charge in [-0.25, -0.2) is 0 Å². The second kappa shape index (κ2) is 3.63. The zero-order chi connectivity index (χ0) is 11.2. The van der Waals surface area contributed by atoms with Gasteiger partial charge in [0.15, 0.2) is 0 Å². The van der Waals surface area contributed by atoms with Gasteiger partial charge in [-0.15, -0.1) is 0 Å². The number of rotatable bonds is 5. The largest absolute Gasteiger partial charge is 0.467 e. The van der Waals surface area contributed by atoms with E-state index in [1.807, 2.05) is 6.07 Å². The van der Waals surface area contributed by atoms with Crippen molar-refractivity contribution in [3.05, 3.63) is 23.7 Å². The fourth-order valence-corrected chi connectivity index (χ4v) is 2.86. The molecule has 0 saturated heterocycles. The first-order chi connectivity index (χ1) is 7.71. The first-order valence-corrected chi connectivity index (χ1v) is 6.49. The molecule has 88 valence electrons. The molecular formula is C14H21NO. The Morgan fingerprint density at radius 1 is 1.50 bits per heavy atom. The summed E-state index contributed by atoms with van der Waals surface area (Å²) in [6, 6.07) is 2.40. The molecule has 1 atom stereocenters. The van der Waals surface area contributed by atoms with Gasteiger partial charge in [-0.05, 0) is 62.5 Å². The molecule has 0 radical (unpaired) electrons. The van der Waals surface area contributed by atoms with E-state index in [1.54, 1.807) is 6.26 Å². The molecule has 1 aromatic heterocycles. The summed E-state index contributed by atoms with van der Waals surface area (Å²) in [5.41, 5.74) is 1.94. The minimum absolute atomic E-state index is 0.353. The summed E-state index contributed by atoms with van der Waals surface area (Å²) in [7, 11) is 0. The van der Waals surface area contributed by atoms with Gasteiger partial charge >= 0.3 is 0 Å². The molecule has 2 saturated carbocycles. The van der Waals surface area contributed by atoms with E-state index in [-0.39, 0.29) is 0 Å². The highest BCUT2D eigenvalue weighted by Crippen LogP contribution is 2.60. The van der Waals surface area contributed by atoms with E-state index in [4.69, 9.17) is 4.42 Å². The Morgan fingerprint density at radius 2 is 2.25 bits per heavy atom. The zero-order valence-electron chi connectivity index (χ0n) is 10.3. The smallest absolute Gasteiger partial charge is 0.123 e. The van der Waals surface area contributed by atoms with Crippen molar-refractivity contribution in [2.45, 2.75) is 45.6 Å². The highest BCUT2D eigenvalue weighted by molar-refractivity contribution is 5.18. The van der Waals surface area contributed by atoms with Gasteiger partial charge < -0.3 is 9.73 Å². The summed E-state index contributed by atoms with van der Waals surface area (Å²) in [6.45, 7) is 5.50. The second-order valence-electron chi connectivity index (χ2n) is 5.71. The van der Waals surface area contributed by atoms with Gasteiger partial charge in [0.2, 0.25) is 0 Å². The number of nitrogens with one attached hydrogen (secondary N) is 1. The number of hydrogen-bond acceptors (Lipinski definition) is 2. The fraction of sp³-hybridized carbons (Fsp3) is 0.714. The summed E-state index contributed by atoms with van der Waals surface area (Å²) < 4.78 is 5.53. The molecule has 0 spiro atoms. The molecule has 2 fully saturated rings. The average molecular weight is 219 g/mol. The molecule has 1 heterocycles. The van der Waals surface area contributed by atoms with Crippen molar-refractivity contribution < 1.29 is 4.42 Å². The molecule has 2 heteroatoms. The van der Waals surface area contributed by atoms with E-state index in [0.29, 0.717) is 11.5 Å². The third kappa shape index (κ3) is 1.80. The van der Waals surface area contributed by atoms with Crippen molar-refractivity contribution in [3.63, 3.8) is 0 Å². The normalized spacial score (nSPS) is 24.4. The maximum atomic E-state index is 5.53. The van der Waals surface area contributed by atoms with Crippen LogP contribution in [0.4, 0.5) is 0 Å². The lowest BCUT2D eigenvalue weighted by Gasteiger charge is -2.19. The van der Waals surface area contributed by atoms with Gasteiger partial charge in [-0.1, -0.05) is 0 Å². The number of furan rings is 1. The number of aryl methyl sites for hydroxylation is 1. The van der Waals surface area contributed by atoms with Crippen molar-refractivity contribution in [1.29, 1.82) is 0 Å². The highest BCUT2D eigenvalue weighted by Gasteiger charge is 2.53. The van der Waals surface area contributed by atoms with Gasteiger partial charge in [-0.2, -0.15) is 0 Å². The molecule has 2 aliphatic carbocycles. The summed E-state index contributed by atoms with van der Waals surface area (Å²) >= 11 is 0. The van der Waals surface area contributed by atoms with Crippen LogP contribution in [-0.2, 0) is 0 Å². The van der Waals surface area contributed by atoms with E-state index < -0.39 is 0 Å². The summed E-state index contributed by atoms with van der Waals surface area (Å²) in [6.07, 6.45) is 7.60. The second-order valence-corrected chi connectivity index (χ2v) is 5.71. The van der Waals surface area contributed by atoms with Gasteiger partial charge in [0.1, 0.15) is 5.76 Å². The summed E-state index contributed by atoms with van der Waals surface area (Å²) in [5.74, 6) is 2.14. The van der Waals surface area contributed by atoms with Gasteiger partial charge in [0, 0.05) is 6.54 Å². The van der Waals surface area contributed by atoms with Gasteiger partial charge in [-0.3, -0.25) is 0 Å². The fourth-order valence-electron chi connectivity index (χ4n) is 2.86. The minimum Gasteiger partial charge on any atom is -0.467 e. The molecule has 0 aliphatic heterocycles. The van der Waals surface area contributed by atoms with Crippen molar-refractivity contribution in [3.8, 4) is 0 Å². The molecule has 1 aromatic rings. The van der Waals surface area contributed by atoms with Crippen molar-refractivity contribution in [2.24, 2.45) is 11.3 Å². The first kappa shape index (κ1) is 10.4. The SMILES string of the molecule is Cc1ccoc1C(C)NCC1(C2CC2)CC1. The highest BCUT2D eigenvalue weighted by atomic mass is 16.3. The molecule has 2 nitrogen and oxygen atoms in total. The third-order valence-electron chi connectivity index (χ3n) is 4.39. The van der Waals surface area contributed by atoms with Crippen LogP contribution in [0, 0.1) is 18.3 Å². The van der Waals surface area contributed by atoms with Crippen LogP contribution < -0.4 is 5.32 Å². The van der Waals surface area contributed by atoms with Crippen LogP contribution in [0.5, 0.6) is 0 Å². The molecular weight excluding hydrogens is 198 g/mol. The zero-order valence-corrected chi connectivity index (χ0v) is 10.3. The van der Waals surface area contributed by atoms with Crippen molar-refractivity contribution >= 4 is 0 Å². The maximum Gasteiger partial charge on any atom is 0.123 e. The standard InChI is InChI=1S/C14H21NO/c1-10-5-8-16-13(10)11(2)15-9-14(6-7-14)12-3-4-12/h5,8,11-12,15H,3-4,6-7,9H2,1-2H3. The Balaban J connectivity index is 1.57. The summed E-state index contributed by atoms with van der Waals surface area (Å²) in [5, 5.41) is 3.66. The van der Waals surface area contributed by atoms with Crippen molar-refractivity contribution in [2.75, 3.05) is 6.54 Å². The van der Waals surface area contributed by atoms with Gasteiger partial charge in [0.25, 0.3) is 0 Å². The van der Waals surface area contributed by atoms with E-state index in [2.05, 4.69) is 19.2 Å². The molecule has 0 aromatic carbocycles. The first-order valence-electron chi connectivity index (χ1n) is 6.49. The Labute approximate surface area is 97.4 Å². The van der Waals surface area contributed by atoms with Gasteiger partial charge in [0.05, 0.1) is 12.3 Å². The average Bonchev–Trinajstić information content (AvgIpc) is 3.14. The molecule has 2 aliphatic rings. The van der Waals surface area contributed by atoms with Crippen LogP contribution >= 0.6 is 0 Å². The molecule has 3 rings (SSSR count). The number of hydrogen-bond donors (Lipinski definition) is 1. The van der Waals surface area contributed by atoms with Crippen LogP contribution in [0.15, 0.2) is 16.7 Å². The maximum absolute atomic E-state index is 5.53. The molecule has 1 N–H and O–H groups in total. The van der Waals surface area contributed by atoms with E-state index in [0.717, 1.165) is 11.7 Å². The van der Waals surface area contributed by atoms with Crippen LogP contribution in [-0.4, -0.2) is 6.54 Å². The lowest BCUT2D eigenvalue weighted by molar-refractivity contribution is 0.355.